The lowest BCUT2D eigenvalue weighted by Crippen LogP contribution is -2.43. The van der Waals surface area contributed by atoms with E-state index >= 15 is 0 Å². The number of carbonyl (C=O) groups excluding carboxylic acids is 2. The number of carboxylic acid groups (broad SMARTS) is 1. The summed E-state index contributed by atoms with van der Waals surface area (Å²) in [5, 5.41) is 9.50. The van der Waals surface area contributed by atoms with Gasteiger partial charge in [0.25, 0.3) is 0 Å². The highest BCUT2D eigenvalue weighted by molar-refractivity contribution is 7.97. The van der Waals surface area contributed by atoms with Crippen molar-refractivity contribution < 1.29 is 24.2 Å². The highest BCUT2D eigenvalue weighted by Crippen LogP contribution is 2.36. The Balaban J connectivity index is 1.75. The van der Waals surface area contributed by atoms with Crippen molar-refractivity contribution in [1.82, 2.24) is 4.31 Å². The van der Waals surface area contributed by atoms with Gasteiger partial charge >= 0.3 is 11.9 Å². The highest BCUT2D eigenvalue weighted by Gasteiger charge is 2.32. The molecular weight excluding hydrogens is 452 g/mol. The first-order valence-electron chi connectivity index (χ1n) is 12.5. The number of nitrogens with zero attached hydrogens (tertiary/aromatic N) is 2. The molecule has 1 aromatic rings. The Bertz CT molecular complexity index is 818. The van der Waals surface area contributed by atoms with Gasteiger partial charge < -0.3 is 14.7 Å². The van der Waals surface area contributed by atoms with E-state index < -0.39 is 24.4 Å². The summed E-state index contributed by atoms with van der Waals surface area (Å²) in [6.07, 6.45) is 12.5. The number of anilines is 1. The molecule has 2 fully saturated rings. The summed E-state index contributed by atoms with van der Waals surface area (Å²) >= 11 is 1.76. The van der Waals surface area contributed by atoms with Gasteiger partial charge in [-0.25, -0.2) is 9.10 Å². The van der Waals surface area contributed by atoms with Gasteiger partial charge in [-0.2, -0.15) is 0 Å². The van der Waals surface area contributed by atoms with Crippen molar-refractivity contribution in [2.45, 2.75) is 83.2 Å². The Morgan fingerprint density at radius 2 is 1.56 bits per heavy atom. The molecule has 2 saturated carbocycles. The van der Waals surface area contributed by atoms with Crippen LogP contribution in [0.25, 0.3) is 0 Å². The third-order valence-corrected chi connectivity index (χ3v) is 8.47. The van der Waals surface area contributed by atoms with Crippen molar-refractivity contribution in [3.05, 3.63) is 29.8 Å². The number of hydrogen-bond donors (Lipinski definition) is 1. The van der Waals surface area contributed by atoms with E-state index in [9.17, 15) is 19.5 Å². The van der Waals surface area contributed by atoms with Crippen LogP contribution in [0.4, 0.5) is 5.69 Å². The first-order chi connectivity index (χ1) is 16.4. The summed E-state index contributed by atoms with van der Waals surface area (Å²) in [7, 11) is 1.27. The molecule has 2 aliphatic rings. The standard InChI is InChI=1S/C26H38N2O5S/c1-19(18-34-28(20-11-5-3-6-12-20)21-13-7-4-8-14-21)25(31)27(17-24(29)30)23-16-10-9-15-22(23)26(32)33-2/h9-10,15-16,19-21H,3-8,11-14,17-18H2,1-2H3,(H,29,30)/t19-/m1/s1. The predicted molar refractivity (Wildman–Crippen MR) is 135 cm³/mol. The zero-order valence-electron chi connectivity index (χ0n) is 20.4. The van der Waals surface area contributed by atoms with Crippen molar-refractivity contribution in [3.8, 4) is 0 Å². The van der Waals surface area contributed by atoms with Crippen LogP contribution in [0.1, 0.15) is 81.5 Å². The number of rotatable bonds is 10. The molecule has 1 atom stereocenters. The number of aliphatic carboxylic acids is 1. The molecule has 0 saturated heterocycles. The van der Waals surface area contributed by atoms with Gasteiger partial charge in [0.15, 0.2) is 0 Å². The minimum Gasteiger partial charge on any atom is -0.480 e. The lowest BCUT2D eigenvalue weighted by atomic mass is 9.91. The number of carboxylic acids is 1. The highest BCUT2D eigenvalue weighted by atomic mass is 32.2. The van der Waals surface area contributed by atoms with E-state index in [1.54, 1.807) is 36.2 Å². The van der Waals surface area contributed by atoms with Gasteiger partial charge in [-0.05, 0) is 37.8 Å². The maximum atomic E-state index is 13.5. The summed E-state index contributed by atoms with van der Waals surface area (Å²) in [5.41, 5.74) is 0.459. The summed E-state index contributed by atoms with van der Waals surface area (Å²) in [6.45, 7) is 1.35. The molecule has 0 radical (unpaired) electrons. The van der Waals surface area contributed by atoms with Crippen LogP contribution in [0.3, 0.4) is 0 Å². The number of amides is 1. The van der Waals surface area contributed by atoms with Crippen molar-refractivity contribution in [2.24, 2.45) is 5.92 Å². The number of carbonyl (C=O) groups is 3. The number of para-hydroxylation sites is 1. The molecule has 0 bridgehead atoms. The molecule has 2 aliphatic carbocycles. The average Bonchev–Trinajstić information content (AvgIpc) is 2.87. The molecule has 3 rings (SSSR count). The molecule has 1 N–H and O–H groups in total. The second-order valence-electron chi connectivity index (χ2n) is 9.47. The summed E-state index contributed by atoms with van der Waals surface area (Å²) < 4.78 is 7.44. The third-order valence-electron chi connectivity index (χ3n) is 6.92. The fraction of sp³-hybridized carbons (Fsp3) is 0.654. The van der Waals surface area contributed by atoms with Crippen molar-refractivity contribution in [3.63, 3.8) is 0 Å². The van der Waals surface area contributed by atoms with Crippen molar-refractivity contribution >= 4 is 35.5 Å². The van der Waals surface area contributed by atoms with Gasteiger partial charge in [-0.1, -0.05) is 69.5 Å². The Hall–Kier alpha value is -2.06. The predicted octanol–water partition coefficient (Wildman–Crippen LogP) is 5.14. The normalized spacial score (nSPS) is 18.4. The number of ether oxygens (including phenoxy) is 1. The first-order valence-corrected chi connectivity index (χ1v) is 13.5. The van der Waals surface area contributed by atoms with E-state index in [1.807, 2.05) is 6.92 Å². The van der Waals surface area contributed by atoms with Gasteiger partial charge in [-0.3, -0.25) is 9.59 Å². The molecule has 1 amide bonds. The number of hydrogen-bond acceptors (Lipinski definition) is 6. The van der Waals surface area contributed by atoms with Crippen LogP contribution < -0.4 is 4.90 Å². The quantitative estimate of drug-likeness (QED) is 0.359. The van der Waals surface area contributed by atoms with Crippen LogP contribution in [0, 0.1) is 5.92 Å². The molecular formula is C26H38N2O5S. The van der Waals surface area contributed by atoms with E-state index in [2.05, 4.69) is 4.31 Å². The molecule has 0 aromatic heterocycles. The molecule has 188 valence electrons. The SMILES string of the molecule is COC(=O)c1ccccc1N(CC(=O)O)C(=O)[C@H](C)CSN(C1CCCCC1)C1CCCCC1. The van der Waals surface area contributed by atoms with E-state index in [4.69, 9.17) is 4.74 Å². The van der Waals surface area contributed by atoms with Crippen LogP contribution in [0.2, 0.25) is 0 Å². The Labute approximate surface area is 207 Å². The largest absolute Gasteiger partial charge is 0.480 e. The molecule has 1 aromatic carbocycles. The third kappa shape index (κ3) is 6.98. The second kappa shape index (κ2) is 13.1. The van der Waals surface area contributed by atoms with E-state index in [1.165, 1.54) is 76.2 Å². The van der Waals surface area contributed by atoms with Crippen LogP contribution in [0.15, 0.2) is 24.3 Å². The molecule has 0 spiro atoms. The fourth-order valence-corrected chi connectivity index (χ4v) is 6.51. The van der Waals surface area contributed by atoms with Crippen LogP contribution in [-0.4, -0.2) is 58.7 Å². The van der Waals surface area contributed by atoms with Gasteiger partial charge in [-0.15, -0.1) is 0 Å². The molecule has 0 unspecified atom stereocenters. The van der Waals surface area contributed by atoms with Crippen LogP contribution >= 0.6 is 11.9 Å². The average molecular weight is 491 g/mol. The van der Waals surface area contributed by atoms with Crippen LogP contribution in [0.5, 0.6) is 0 Å². The van der Waals surface area contributed by atoms with Gasteiger partial charge in [0.1, 0.15) is 6.54 Å². The van der Waals surface area contributed by atoms with E-state index in [0.29, 0.717) is 17.8 Å². The number of methoxy groups -OCH3 is 1. The summed E-state index contributed by atoms with van der Waals surface area (Å²) in [4.78, 5) is 38.6. The maximum Gasteiger partial charge on any atom is 0.339 e. The van der Waals surface area contributed by atoms with Crippen LogP contribution in [-0.2, 0) is 14.3 Å². The van der Waals surface area contributed by atoms with E-state index in [0.717, 1.165) is 0 Å². The monoisotopic (exact) mass is 490 g/mol. The summed E-state index contributed by atoms with van der Waals surface area (Å²) in [6, 6.07) is 7.63. The number of benzene rings is 1. The molecule has 7 nitrogen and oxygen atoms in total. The molecule has 8 heteroatoms. The molecule has 34 heavy (non-hydrogen) atoms. The Kier molecular flexibility index (Phi) is 10.3. The lowest BCUT2D eigenvalue weighted by Gasteiger charge is -2.41. The van der Waals surface area contributed by atoms with Gasteiger partial charge in [0.05, 0.1) is 18.4 Å². The fourth-order valence-electron chi connectivity index (χ4n) is 5.12. The number of esters is 1. The Morgan fingerprint density at radius 1 is 1.00 bits per heavy atom. The first kappa shape index (κ1) is 26.5. The lowest BCUT2D eigenvalue weighted by molar-refractivity contribution is -0.137. The molecule has 0 heterocycles. The second-order valence-corrected chi connectivity index (χ2v) is 10.5. The van der Waals surface area contributed by atoms with E-state index in [-0.39, 0.29) is 17.2 Å². The van der Waals surface area contributed by atoms with Gasteiger partial charge in [0, 0.05) is 23.8 Å². The van der Waals surface area contributed by atoms with Crippen molar-refractivity contribution in [1.29, 1.82) is 0 Å². The summed E-state index contributed by atoms with van der Waals surface area (Å²) in [5.74, 6) is -1.83. The minimum absolute atomic E-state index is 0.186. The van der Waals surface area contributed by atoms with Gasteiger partial charge in [0.2, 0.25) is 5.91 Å². The topological polar surface area (TPSA) is 87.1 Å². The maximum absolute atomic E-state index is 13.5. The zero-order chi connectivity index (χ0) is 24.5. The van der Waals surface area contributed by atoms with Crippen molar-refractivity contribution in [2.75, 3.05) is 24.3 Å². The Morgan fingerprint density at radius 3 is 2.09 bits per heavy atom. The molecule has 0 aliphatic heterocycles. The minimum atomic E-state index is -1.13. The zero-order valence-corrected chi connectivity index (χ0v) is 21.2. The smallest absolute Gasteiger partial charge is 0.339 e.